The van der Waals surface area contributed by atoms with Gasteiger partial charge in [-0.3, -0.25) is 13.7 Å². The highest BCUT2D eigenvalue weighted by molar-refractivity contribution is 7.72. The van der Waals surface area contributed by atoms with Crippen molar-refractivity contribution in [2.75, 3.05) is 17.4 Å². The Morgan fingerprint density at radius 2 is 1.80 bits per heavy atom. The average Bonchev–Trinajstić information content (AvgIpc) is 3.31. The SMILES string of the molecule is O=P(O)(O)CP(=O)(O)CC[C@H]1O[C@@H](n2cnc3c(NCc4ccccc4)nc(Cl)nc32)C(O)C1O. The van der Waals surface area contributed by atoms with Crippen LogP contribution in [0.2, 0.25) is 5.28 Å². The van der Waals surface area contributed by atoms with Crippen LogP contribution in [0.1, 0.15) is 18.2 Å². The molecule has 16 heteroatoms. The first-order valence-corrected chi connectivity index (χ1v) is 14.7. The van der Waals surface area contributed by atoms with Gasteiger partial charge in [-0.15, -0.1) is 0 Å². The Hall–Kier alpha value is -1.92. The van der Waals surface area contributed by atoms with E-state index in [2.05, 4.69) is 20.3 Å². The van der Waals surface area contributed by atoms with E-state index in [1.54, 1.807) is 0 Å². The third-order valence-corrected chi connectivity index (χ3v) is 9.84. The molecule has 1 aliphatic heterocycles. The van der Waals surface area contributed by atoms with Gasteiger partial charge in [0.05, 0.1) is 12.4 Å². The molecule has 1 saturated heterocycles. The van der Waals surface area contributed by atoms with Gasteiger partial charge in [0.25, 0.3) is 0 Å². The molecule has 1 fully saturated rings. The lowest BCUT2D eigenvalue weighted by molar-refractivity contribution is -0.0354. The Balaban J connectivity index is 1.52. The van der Waals surface area contributed by atoms with Crippen LogP contribution in [0.3, 0.4) is 0 Å². The predicted octanol–water partition coefficient (Wildman–Crippen LogP) is 1.51. The first-order valence-electron chi connectivity index (χ1n) is 10.5. The number of nitrogens with one attached hydrogen (secondary N) is 1. The maximum Gasteiger partial charge on any atom is 0.335 e. The van der Waals surface area contributed by atoms with E-state index in [1.807, 2.05) is 30.3 Å². The summed E-state index contributed by atoms with van der Waals surface area (Å²) >= 11 is 6.11. The lowest BCUT2D eigenvalue weighted by Crippen LogP contribution is -2.32. The van der Waals surface area contributed by atoms with Crippen molar-refractivity contribution in [2.24, 2.45) is 0 Å². The molecule has 1 aromatic carbocycles. The molecule has 0 saturated carbocycles. The monoisotopic (exact) mass is 547 g/mol. The van der Waals surface area contributed by atoms with Crippen molar-refractivity contribution >= 4 is 43.5 Å². The van der Waals surface area contributed by atoms with Crippen molar-refractivity contribution in [3.8, 4) is 0 Å². The van der Waals surface area contributed by atoms with E-state index in [4.69, 9.17) is 26.1 Å². The van der Waals surface area contributed by atoms with Crippen LogP contribution in [0, 0.1) is 0 Å². The Morgan fingerprint density at radius 3 is 2.49 bits per heavy atom. The number of rotatable bonds is 9. The molecular formula is C19H24ClN5O8P2. The summed E-state index contributed by atoms with van der Waals surface area (Å²) in [6, 6.07) is 9.56. The standard InChI is InChI=1S/C19H24ClN5O8P2/c20-19-23-16(21-8-11-4-2-1-3-5-11)13-17(24-19)25(9-22-13)18-15(27)14(26)12(33-18)6-7-34(28,29)10-35(30,31)32/h1-5,9,12,14-15,18,26-27H,6-8,10H2,(H,28,29)(H,21,23,24)(H2,30,31,32)/t12-,14?,15?,18-/m1/s1. The zero-order valence-electron chi connectivity index (χ0n) is 18.1. The average molecular weight is 548 g/mol. The molecule has 5 atom stereocenters. The van der Waals surface area contributed by atoms with E-state index < -0.39 is 51.6 Å². The van der Waals surface area contributed by atoms with Crippen molar-refractivity contribution in [3.63, 3.8) is 0 Å². The lowest BCUT2D eigenvalue weighted by Gasteiger charge is -2.18. The van der Waals surface area contributed by atoms with Crippen LogP contribution >= 0.6 is 26.6 Å². The quantitative estimate of drug-likeness (QED) is 0.167. The summed E-state index contributed by atoms with van der Waals surface area (Å²) < 4.78 is 30.3. The third kappa shape index (κ3) is 6.26. The van der Waals surface area contributed by atoms with Gasteiger partial charge in [0.1, 0.15) is 18.1 Å². The number of aliphatic hydroxyl groups is 2. The molecule has 35 heavy (non-hydrogen) atoms. The Labute approximate surface area is 204 Å². The summed E-state index contributed by atoms with van der Waals surface area (Å²) in [5.74, 6) is -0.819. The molecule has 3 unspecified atom stereocenters. The van der Waals surface area contributed by atoms with Gasteiger partial charge in [-0.05, 0) is 23.6 Å². The summed E-state index contributed by atoms with van der Waals surface area (Å²) in [5, 5.41) is 24.1. The number of ether oxygens (including phenoxy) is 1. The lowest BCUT2D eigenvalue weighted by atomic mass is 10.1. The van der Waals surface area contributed by atoms with E-state index >= 15 is 0 Å². The molecule has 6 N–H and O–H groups in total. The van der Waals surface area contributed by atoms with Crippen LogP contribution in [0.25, 0.3) is 11.2 Å². The second-order valence-corrected chi connectivity index (χ2v) is 13.2. The third-order valence-electron chi connectivity index (χ3n) is 5.48. The highest BCUT2D eigenvalue weighted by Gasteiger charge is 2.45. The first kappa shape index (κ1) is 26.2. The molecule has 3 heterocycles. The molecule has 4 rings (SSSR count). The van der Waals surface area contributed by atoms with Gasteiger partial charge in [-0.1, -0.05) is 30.3 Å². The van der Waals surface area contributed by atoms with E-state index in [1.165, 1.54) is 10.9 Å². The molecule has 0 aliphatic carbocycles. The highest BCUT2D eigenvalue weighted by atomic mass is 35.5. The zero-order chi connectivity index (χ0) is 25.4. The second-order valence-electron chi connectivity index (χ2n) is 8.22. The molecule has 13 nitrogen and oxygen atoms in total. The zero-order valence-corrected chi connectivity index (χ0v) is 20.7. The largest absolute Gasteiger partial charge is 0.388 e. The first-order chi connectivity index (χ1) is 16.4. The van der Waals surface area contributed by atoms with Crippen LogP contribution in [0.5, 0.6) is 0 Å². The van der Waals surface area contributed by atoms with E-state index in [-0.39, 0.29) is 17.4 Å². The van der Waals surface area contributed by atoms with Crippen molar-refractivity contribution in [3.05, 3.63) is 47.5 Å². The van der Waals surface area contributed by atoms with Gasteiger partial charge in [0.15, 0.2) is 23.2 Å². The van der Waals surface area contributed by atoms with E-state index in [0.29, 0.717) is 17.9 Å². The van der Waals surface area contributed by atoms with Crippen LogP contribution in [-0.4, -0.2) is 74.8 Å². The van der Waals surface area contributed by atoms with Gasteiger partial charge >= 0.3 is 7.60 Å². The minimum atomic E-state index is -4.70. The van der Waals surface area contributed by atoms with Crippen LogP contribution in [0.4, 0.5) is 5.82 Å². The van der Waals surface area contributed by atoms with Gasteiger partial charge < -0.3 is 34.9 Å². The number of anilines is 1. The van der Waals surface area contributed by atoms with E-state index in [0.717, 1.165) is 5.56 Å². The Morgan fingerprint density at radius 1 is 1.09 bits per heavy atom. The molecule has 190 valence electrons. The number of aromatic nitrogens is 4. The van der Waals surface area contributed by atoms with Crippen molar-refractivity contribution in [1.82, 2.24) is 19.5 Å². The summed E-state index contributed by atoms with van der Waals surface area (Å²) in [7, 11) is -8.88. The molecule has 1 aliphatic rings. The summed E-state index contributed by atoms with van der Waals surface area (Å²) in [6.07, 6.45) is -4.46. The van der Waals surface area contributed by atoms with Crippen LogP contribution in [0.15, 0.2) is 36.7 Å². The summed E-state index contributed by atoms with van der Waals surface area (Å²) in [5.41, 5.74) is 1.57. The number of benzene rings is 1. The molecule has 0 radical (unpaired) electrons. The smallest absolute Gasteiger partial charge is 0.335 e. The fraction of sp³-hybridized carbons (Fsp3) is 0.421. The summed E-state index contributed by atoms with van der Waals surface area (Å²) in [6.45, 7) is 0.440. The predicted molar refractivity (Wildman–Crippen MR) is 126 cm³/mol. The topological polar surface area (TPSA) is 200 Å². The van der Waals surface area contributed by atoms with Crippen molar-refractivity contribution in [2.45, 2.75) is 37.5 Å². The van der Waals surface area contributed by atoms with Gasteiger partial charge in [0.2, 0.25) is 12.7 Å². The summed E-state index contributed by atoms with van der Waals surface area (Å²) in [4.78, 5) is 40.5. The number of hydrogen-bond donors (Lipinski definition) is 6. The molecule has 0 bridgehead atoms. The number of halogens is 1. The van der Waals surface area contributed by atoms with Crippen molar-refractivity contribution < 1.29 is 38.8 Å². The molecule has 3 aromatic rings. The number of imidazole rings is 1. The number of hydrogen-bond acceptors (Lipinski definition) is 9. The van der Waals surface area contributed by atoms with Crippen LogP contribution in [-0.2, 0) is 20.4 Å². The fourth-order valence-corrected chi connectivity index (χ4v) is 7.56. The van der Waals surface area contributed by atoms with Crippen molar-refractivity contribution in [1.29, 1.82) is 0 Å². The number of nitrogens with zero attached hydrogens (tertiary/aromatic N) is 4. The normalized spacial score (nSPS) is 24.5. The molecule has 2 aromatic heterocycles. The molecule has 0 amide bonds. The highest BCUT2D eigenvalue weighted by Crippen LogP contribution is 2.55. The Kier molecular flexibility index (Phi) is 7.63. The van der Waals surface area contributed by atoms with Crippen LogP contribution < -0.4 is 5.32 Å². The van der Waals surface area contributed by atoms with Gasteiger partial charge in [-0.25, -0.2) is 4.98 Å². The molecule has 0 spiro atoms. The number of aliphatic hydroxyl groups excluding tert-OH is 2. The minimum Gasteiger partial charge on any atom is -0.388 e. The second kappa shape index (κ2) is 10.2. The Bertz CT molecular complexity index is 1290. The maximum absolute atomic E-state index is 12.1. The van der Waals surface area contributed by atoms with Gasteiger partial charge in [0, 0.05) is 12.7 Å². The van der Waals surface area contributed by atoms with Gasteiger partial charge in [-0.2, -0.15) is 9.97 Å². The molecular weight excluding hydrogens is 524 g/mol. The number of fused-ring (bicyclic) bond motifs is 1. The maximum atomic E-state index is 12.1. The minimum absolute atomic E-state index is 0.0851. The van der Waals surface area contributed by atoms with E-state index in [9.17, 15) is 24.2 Å². The fourth-order valence-electron chi connectivity index (χ4n) is 3.87.